The molecule has 0 amide bonds. The fraction of sp³-hybridized carbons (Fsp3) is 0. The maximum Gasteiger partial charge on any atom is 0.194 e. The molecule has 0 heterocycles. The highest BCUT2D eigenvalue weighted by Crippen LogP contribution is 2.24. The minimum absolute atomic E-state index is 0.0559. The predicted molar refractivity (Wildman–Crippen MR) is 65.6 cm³/mol. The van der Waals surface area contributed by atoms with Crippen LogP contribution < -0.4 is 5.73 Å². The third kappa shape index (κ3) is 2.56. The minimum Gasteiger partial charge on any atom is -0.396 e. The second-order valence-electron chi connectivity index (χ2n) is 3.81. The smallest absolute Gasteiger partial charge is 0.194 e. The molecule has 2 aromatic rings. The van der Waals surface area contributed by atoms with E-state index >= 15 is 0 Å². The first kappa shape index (κ1) is 13.4. The Balaban J connectivity index is 2.49. The van der Waals surface area contributed by atoms with Crippen LogP contribution in [0.4, 0.5) is 18.9 Å². The van der Waals surface area contributed by atoms with E-state index in [0.717, 1.165) is 6.07 Å². The van der Waals surface area contributed by atoms with Crippen LogP contribution in [0.25, 0.3) is 0 Å². The highest BCUT2D eigenvalue weighted by molar-refractivity contribution is 6.35. The molecule has 2 aromatic carbocycles. The quantitative estimate of drug-likeness (QED) is 0.521. The Labute approximate surface area is 111 Å². The molecule has 0 fully saturated rings. The van der Waals surface area contributed by atoms with Crippen molar-refractivity contribution < 1.29 is 18.0 Å². The van der Waals surface area contributed by atoms with Crippen LogP contribution in [0.1, 0.15) is 15.9 Å². The summed E-state index contributed by atoms with van der Waals surface area (Å²) in [5, 5.41) is -0.249. The number of carbonyl (C=O) groups is 1. The first-order chi connectivity index (χ1) is 8.90. The lowest BCUT2D eigenvalue weighted by Gasteiger charge is -2.06. The van der Waals surface area contributed by atoms with Crippen molar-refractivity contribution in [2.24, 2.45) is 0 Å². The lowest BCUT2D eigenvalue weighted by molar-refractivity contribution is 0.103. The van der Waals surface area contributed by atoms with Crippen LogP contribution >= 0.6 is 11.6 Å². The standard InChI is InChI=1S/C13H7ClF3NO/c14-8-5-10(16)9(15)4-7(8)13(19)6-1-2-12(18)11(17)3-6/h1-5H,18H2. The zero-order valence-corrected chi connectivity index (χ0v) is 10.1. The van der Waals surface area contributed by atoms with Crippen molar-refractivity contribution in [3.05, 3.63) is 63.9 Å². The minimum atomic E-state index is -1.20. The van der Waals surface area contributed by atoms with Gasteiger partial charge in [0.25, 0.3) is 0 Å². The zero-order chi connectivity index (χ0) is 14.2. The van der Waals surface area contributed by atoms with E-state index in [1.54, 1.807) is 0 Å². The van der Waals surface area contributed by atoms with Gasteiger partial charge in [-0.3, -0.25) is 4.79 Å². The van der Waals surface area contributed by atoms with Crippen molar-refractivity contribution in [2.75, 3.05) is 5.73 Å². The second kappa shape index (κ2) is 4.93. The van der Waals surface area contributed by atoms with E-state index in [-0.39, 0.29) is 21.8 Å². The van der Waals surface area contributed by atoms with E-state index in [2.05, 4.69) is 0 Å². The fourth-order valence-corrected chi connectivity index (χ4v) is 1.76. The van der Waals surface area contributed by atoms with Crippen LogP contribution in [0.2, 0.25) is 5.02 Å². The average molecular weight is 286 g/mol. The molecule has 0 aromatic heterocycles. The number of halogens is 4. The van der Waals surface area contributed by atoms with Gasteiger partial charge < -0.3 is 5.73 Å². The van der Waals surface area contributed by atoms with Gasteiger partial charge in [-0.2, -0.15) is 0 Å². The summed E-state index contributed by atoms with van der Waals surface area (Å²) in [5.41, 5.74) is 4.86. The Morgan fingerprint density at radius 2 is 1.63 bits per heavy atom. The molecular formula is C13H7ClF3NO. The van der Waals surface area contributed by atoms with E-state index in [1.807, 2.05) is 0 Å². The Kier molecular flexibility index (Phi) is 3.48. The van der Waals surface area contributed by atoms with Crippen molar-refractivity contribution in [2.45, 2.75) is 0 Å². The van der Waals surface area contributed by atoms with Crippen LogP contribution in [-0.2, 0) is 0 Å². The maximum absolute atomic E-state index is 13.3. The number of nitrogens with two attached hydrogens (primary N) is 1. The Morgan fingerprint density at radius 3 is 2.26 bits per heavy atom. The Bertz CT molecular complexity index is 673. The van der Waals surface area contributed by atoms with Crippen LogP contribution in [0.5, 0.6) is 0 Å². The molecule has 2 rings (SSSR count). The average Bonchev–Trinajstić information content (AvgIpc) is 2.36. The Morgan fingerprint density at radius 1 is 1.00 bits per heavy atom. The highest BCUT2D eigenvalue weighted by Gasteiger charge is 2.17. The summed E-state index contributed by atoms with van der Waals surface area (Å²) in [4.78, 5) is 12.0. The number of rotatable bonds is 2. The summed E-state index contributed by atoms with van der Waals surface area (Å²) in [5.74, 6) is -3.86. The Hall–Kier alpha value is -2.01. The highest BCUT2D eigenvalue weighted by atomic mass is 35.5. The summed E-state index contributed by atoms with van der Waals surface area (Å²) < 4.78 is 39.2. The molecule has 0 radical (unpaired) electrons. The molecule has 0 saturated heterocycles. The molecule has 0 aliphatic heterocycles. The van der Waals surface area contributed by atoms with Gasteiger partial charge in [-0.1, -0.05) is 11.6 Å². The number of anilines is 1. The lowest BCUT2D eigenvalue weighted by Crippen LogP contribution is -2.05. The number of hydrogen-bond donors (Lipinski definition) is 1. The summed E-state index contributed by atoms with van der Waals surface area (Å²) in [7, 11) is 0. The van der Waals surface area contributed by atoms with Gasteiger partial charge >= 0.3 is 0 Å². The van der Waals surface area contributed by atoms with Gasteiger partial charge in [0.1, 0.15) is 5.82 Å². The van der Waals surface area contributed by atoms with Gasteiger partial charge in [0.2, 0.25) is 0 Å². The third-order valence-electron chi connectivity index (χ3n) is 2.52. The van der Waals surface area contributed by atoms with Crippen molar-refractivity contribution in [3.63, 3.8) is 0 Å². The van der Waals surface area contributed by atoms with E-state index in [0.29, 0.717) is 12.1 Å². The molecule has 2 nitrogen and oxygen atoms in total. The second-order valence-corrected chi connectivity index (χ2v) is 4.22. The van der Waals surface area contributed by atoms with E-state index < -0.39 is 23.2 Å². The van der Waals surface area contributed by atoms with Gasteiger partial charge in [0, 0.05) is 11.1 Å². The monoisotopic (exact) mass is 285 g/mol. The van der Waals surface area contributed by atoms with Crippen molar-refractivity contribution in [1.29, 1.82) is 0 Å². The van der Waals surface area contributed by atoms with Gasteiger partial charge in [-0.05, 0) is 30.3 Å². The van der Waals surface area contributed by atoms with Crippen LogP contribution in [0.15, 0.2) is 30.3 Å². The third-order valence-corrected chi connectivity index (χ3v) is 2.83. The van der Waals surface area contributed by atoms with Crippen LogP contribution in [-0.4, -0.2) is 5.78 Å². The number of benzene rings is 2. The fourth-order valence-electron chi connectivity index (χ4n) is 1.52. The summed E-state index contributed by atoms with van der Waals surface area (Å²) >= 11 is 5.67. The van der Waals surface area contributed by atoms with Crippen molar-refractivity contribution in [3.8, 4) is 0 Å². The molecule has 2 N–H and O–H groups in total. The number of ketones is 1. The largest absolute Gasteiger partial charge is 0.396 e. The summed E-state index contributed by atoms with van der Waals surface area (Å²) in [6.45, 7) is 0. The lowest BCUT2D eigenvalue weighted by atomic mass is 10.0. The van der Waals surface area contributed by atoms with Crippen molar-refractivity contribution >= 4 is 23.1 Å². The molecule has 0 saturated carbocycles. The first-order valence-corrected chi connectivity index (χ1v) is 5.52. The molecule has 0 spiro atoms. The van der Waals surface area contributed by atoms with Gasteiger partial charge in [-0.25, -0.2) is 13.2 Å². The molecular weight excluding hydrogens is 279 g/mol. The summed E-state index contributed by atoms with van der Waals surface area (Å²) in [6, 6.07) is 4.76. The van der Waals surface area contributed by atoms with Gasteiger partial charge in [0.05, 0.1) is 10.7 Å². The van der Waals surface area contributed by atoms with E-state index in [9.17, 15) is 18.0 Å². The number of nitrogen functional groups attached to an aromatic ring is 1. The molecule has 0 atom stereocenters. The predicted octanol–water partition coefficient (Wildman–Crippen LogP) is 3.57. The van der Waals surface area contributed by atoms with Gasteiger partial charge in [-0.15, -0.1) is 0 Å². The van der Waals surface area contributed by atoms with E-state index in [4.69, 9.17) is 17.3 Å². The molecule has 0 bridgehead atoms. The SMILES string of the molecule is Nc1ccc(C(=O)c2cc(F)c(F)cc2Cl)cc1F. The number of hydrogen-bond acceptors (Lipinski definition) is 2. The zero-order valence-electron chi connectivity index (χ0n) is 9.38. The molecule has 0 aliphatic carbocycles. The van der Waals surface area contributed by atoms with Crippen molar-refractivity contribution in [1.82, 2.24) is 0 Å². The molecule has 0 aliphatic rings. The molecule has 0 unspecified atom stereocenters. The first-order valence-electron chi connectivity index (χ1n) is 5.14. The van der Waals surface area contributed by atoms with Gasteiger partial charge in [0.15, 0.2) is 17.4 Å². The van der Waals surface area contributed by atoms with Crippen LogP contribution in [0.3, 0.4) is 0 Å². The van der Waals surface area contributed by atoms with Crippen LogP contribution in [0, 0.1) is 17.5 Å². The summed E-state index contributed by atoms with van der Waals surface area (Å²) in [6.07, 6.45) is 0. The van der Waals surface area contributed by atoms with E-state index in [1.165, 1.54) is 12.1 Å². The molecule has 19 heavy (non-hydrogen) atoms. The maximum atomic E-state index is 13.3. The molecule has 98 valence electrons. The normalized spacial score (nSPS) is 10.5. The topological polar surface area (TPSA) is 43.1 Å². The molecule has 6 heteroatoms. The number of carbonyl (C=O) groups excluding carboxylic acids is 1.